The predicted molar refractivity (Wildman–Crippen MR) is 57.1 cm³/mol. The van der Waals surface area contributed by atoms with Crippen LogP contribution in [-0.2, 0) is 0 Å². The maximum atomic E-state index is 12.9. The van der Waals surface area contributed by atoms with Gasteiger partial charge in [0.15, 0.2) is 0 Å². The van der Waals surface area contributed by atoms with E-state index in [9.17, 15) is 4.39 Å². The highest BCUT2D eigenvalue weighted by Gasteiger charge is 2.04. The Hall–Kier alpha value is -0.480. The summed E-state index contributed by atoms with van der Waals surface area (Å²) in [4.78, 5) is 4.14. The fraction of sp³-hybridized carbons (Fsp3) is 0. The molecule has 0 saturated carbocycles. The fourth-order valence-electron chi connectivity index (χ4n) is 1.11. The monoisotopic (exact) mass is 303 g/mol. The highest BCUT2D eigenvalue weighted by molar-refractivity contribution is 9.13. The van der Waals surface area contributed by atoms with Crippen LogP contribution in [0.3, 0.4) is 0 Å². The van der Waals surface area contributed by atoms with Crippen molar-refractivity contribution >= 4 is 42.8 Å². The molecule has 0 saturated heterocycles. The summed E-state index contributed by atoms with van der Waals surface area (Å²) in [6.07, 6.45) is 1.68. The fourth-order valence-corrected chi connectivity index (χ4v) is 1.84. The van der Waals surface area contributed by atoms with Gasteiger partial charge in [0.05, 0.1) is 9.99 Å². The molecular formula is C9H4Br2FN. The zero-order valence-electron chi connectivity index (χ0n) is 6.39. The molecule has 2 rings (SSSR count). The summed E-state index contributed by atoms with van der Waals surface area (Å²) in [5.74, 6) is -0.256. The Balaban J connectivity index is 2.89. The molecule has 1 aromatic heterocycles. The summed E-state index contributed by atoms with van der Waals surface area (Å²) in [5, 5.41) is 0.773. The molecular weight excluding hydrogens is 301 g/mol. The molecule has 0 unspecified atom stereocenters. The third-order valence-electron chi connectivity index (χ3n) is 1.72. The molecule has 0 aliphatic carbocycles. The number of nitrogens with zero attached hydrogens (tertiary/aromatic N) is 1. The largest absolute Gasteiger partial charge is 0.255 e. The molecule has 0 radical (unpaired) electrons. The van der Waals surface area contributed by atoms with Crippen LogP contribution in [-0.4, -0.2) is 4.98 Å². The molecule has 1 aromatic carbocycles. The van der Waals surface area contributed by atoms with Crippen LogP contribution in [0.15, 0.2) is 33.3 Å². The van der Waals surface area contributed by atoms with Crippen molar-refractivity contribution in [3.8, 4) is 0 Å². The number of rotatable bonds is 0. The molecule has 0 spiro atoms. The Morgan fingerprint density at radius 1 is 1.23 bits per heavy atom. The number of hydrogen-bond donors (Lipinski definition) is 0. The van der Waals surface area contributed by atoms with E-state index in [-0.39, 0.29) is 5.82 Å². The van der Waals surface area contributed by atoms with E-state index in [1.165, 1.54) is 12.1 Å². The Kier molecular flexibility index (Phi) is 2.34. The van der Waals surface area contributed by atoms with Gasteiger partial charge in [-0.1, -0.05) is 0 Å². The first kappa shape index (κ1) is 9.09. The second kappa shape index (κ2) is 3.35. The lowest BCUT2D eigenvalue weighted by molar-refractivity contribution is 0.629. The van der Waals surface area contributed by atoms with Crippen LogP contribution in [0.5, 0.6) is 0 Å². The summed E-state index contributed by atoms with van der Waals surface area (Å²) in [7, 11) is 0. The Bertz CT molecular complexity index is 465. The molecule has 0 fully saturated rings. The number of benzene rings is 1. The van der Waals surface area contributed by atoms with E-state index in [4.69, 9.17) is 0 Å². The van der Waals surface area contributed by atoms with Crippen molar-refractivity contribution < 1.29 is 4.39 Å². The zero-order valence-corrected chi connectivity index (χ0v) is 9.56. The van der Waals surface area contributed by atoms with Crippen LogP contribution in [0.25, 0.3) is 10.9 Å². The van der Waals surface area contributed by atoms with Gasteiger partial charge in [0.25, 0.3) is 0 Å². The van der Waals surface area contributed by atoms with Crippen molar-refractivity contribution in [1.29, 1.82) is 0 Å². The lowest BCUT2D eigenvalue weighted by atomic mass is 10.2. The van der Waals surface area contributed by atoms with Crippen molar-refractivity contribution in [2.45, 2.75) is 0 Å². The van der Waals surface area contributed by atoms with Crippen LogP contribution in [0.2, 0.25) is 0 Å². The molecule has 0 aliphatic rings. The number of halogens is 3. The number of aromatic nitrogens is 1. The van der Waals surface area contributed by atoms with Gasteiger partial charge < -0.3 is 0 Å². The quantitative estimate of drug-likeness (QED) is 0.719. The minimum Gasteiger partial charge on any atom is -0.255 e. The molecule has 0 amide bonds. The summed E-state index contributed by atoms with van der Waals surface area (Å²) >= 11 is 6.67. The van der Waals surface area contributed by atoms with E-state index in [1.54, 1.807) is 12.3 Å². The van der Waals surface area contributed by atoms with Gasteiger partial charge in [-0.05, 0) is 50.1 Å². The molecule has 13 heavy (non-hydrogen) atoms. The second-order valence-electron chi connectivity index (χ2n) is 2.58. The van der Waals surface area contributed by atoms with Gasteiger partial charge in [0.2, 0.25) is 0 Å². The van der Waals surface area contributed by atoms with Crippen molar-refractivity contribution in [3.63, 3.8) is 0 Å². The zero-order chi connectivity index (χ0) is 9.42. The number of pyridine rings is 1. The molecule has 1 nitrogen and oxygen atoms in total. The highest BCUT2D eigenvalue weighted by atomic mass is 79.9. The van der Waals surface area contributed by atoms with Gasteiger partial charge in [-0.3, -0.25) is 4.98 Å². The number of hydrogen-bond acceptors (Lipinski definition) is 1. The first-order valence-electron chi connectivity index (χ1n) is 3.58. The molecule has 0 bridgehead atoms. The van der Waals surface area contributed by atoms with E-state index in [0.29, 0.717) is 0 Å². The Morgan fingerprint density at radius 3 is 2.77 bits per heavy atom. The summed E-state index contributed by atoms with van der Waals surface area (Å²) < 4.78 is 14.5. The van der Waals surface area contributed by atoms with Gasteiger partial charge >= 0.3 is 0 Å². The van der Waals surface area contributed by atoms with Crippen LogP contribution in [0, 0.1) is 5.82 Å². The maximum absolute atomic E-state index is 12.9. The van der Waals surface area contributed by atoms with Gasteiger partial charge in [-0.15, -0.1) is 0 Å². The summed E-state index contributed by atoms with van der Waals surface area (Å²) in [6, 6.07) is 4.51. The molecule has 66 valence electrons. The van der Waals surface area contributed by atoms with Crippen LogP contribution in [0.4, 0.5) is 4.39 Å². The average molecular weight is 305 g/mol. The van der Waals surface area contributed by atoms with E-state index in [1.807, 2.05) is 0 Å². The first-order chi connectivity index (χ1) is 6.18. The van der Waals surface area contributed by atoms with E-state index in [2.05, 4.69) is 36.8 Å². The van der Waals surface area contributed by atoms with Gasteiger partial charge in [0, 0.05) is 16.1 Å². The van der Waals surface area contributed by atoms with Crippen molar-refractivity contribution in [2.75, 3.05) is 0 Å². The number of fused-ring (bicyclic) bond motifs is 1. The molecule has 0 N–H and O–H groups in total. The second-order valence-corrected chi connectivity index (χ2v) is 4.23. The summed E-state index contributed by atoms with van der Waals surface area (Å²) in [5.41, 5.74) is 0.775. The van der Waals surface area contributed by atoms with E-state index in [0.717, 1.165) is 19.8 Å². The predicted octanol–water partition coefficient (Wildman–Crippen LogP) is 3.90. The van der Waals surface area contributed by atoms with Crippen molar-refractivity contribution in [1.82, 2.24) is 4.98 Å². The first-order valence-corrected chi connectivity index (χ1v) is 5.16. The smallest absolute Gasteiger partial charge is 0.124 e. The maximum Gasteiger partial charge on any atom is 0.124 e. The lowest BCUT2D eigenvalue weighted by Gasteiger charge is -2.01. The average Bonchev–Trinajstić information content (AvgIpc) is 2.12. The lowest BCUT2D eigenvalue weighted by Crippen LogP contribution is -1.83. The highest BCUT2D eigenvalue weighted by Crippen LogP contribution is 2.29. The topological polar surface area (TPSA) is 12.9 Å². The van der Waals surface area contributed by atoms with Gasteiger partial charge in [-0.2, -0.15) is 0 Å². The minimum atomic E-state index is -0.256. The van der Waals surface area contributed by atoms with Gasteiger partial charge in [0.1, 0.15) is 5.82 Å². The van der Waals surface area contributed by atoms with Crippen molar-refractivity contribution in [3.05, 3.63) is 39.2 Å². The van der Waals surface area contributed by atoms with Crippen LogP contribution in [0.1, 0.15) is 0 Å². The van der Waals surface area contributed by atoms with Crippen molar-refractivity contribution in [2.24, 2.45) is 0 Å². The summed E-state index contributed by atoms with van der Waals surface area (Å²) in [6.45, 7) is 0. The molecule has 2 aromatic rings. The van der Waals surface area contributed by atoms with E-state index >= 15 is 0 Å². The molecule has 4 heteroatoms. The van der Waals surface area contributed by atoms with E-state index < -0.39 is 0 Å². The third-order valence-corrected chi connectivity index (χ3v) is 3.71. The Morgan fingerprint density at radius 2 is 2.00 bits per heavy atom. The third kappa shape index (κ3) is 1.60. The SMILES string of the molecule is Fc1ccc2ncc(Br)c(Br)c2c1. The van der Waals surface area contributed by atoms with Crippen LogP contribution >= 0.6 is 31.9 Å². The molecule has 1 heterocycles. The van der Waals surface area contributed by atoms with Crippen LogP contribution < -0.4 is 0 Å². The van der Waals surface area contributed by atoms with Gasteiger partial charge in [-0.25, -0.2) is 4.39 Å². The molecule has 0 aliphatic heterocycles. The Labute approximate surface area is 91.2 Å². The molecule has 0 atom stereocenters. The standard InChI is InChI=1S/C9H4Br2FN/c10-7-4-13-8-2-1-5(12)3-6(8)9(7)11/h1-4H. The minimum absolute atomic E-state index is 0.256. The normalized spacial score (nSPS) is 10.7.